The predicted molar refractivity (Wildman–Crippen MR) is 88.5 cm³/mol. The van der Waals surface area contributed by atoms with Gasteiger partial charge >= 0.3 is 11.7 Å². The third kappa shape index (κ3) is 3.67. The highest BCUT2D eigenvalue weighted by molar-refractivity contribution is 5.81. The molecule has 0 amide bonds. The molecule has 0 N–H and O–H groups in total. The zero-order chi connectivity index (χ0) is 18.7. The van der Waals surface area contributed by atoms with E-state index in [-0.39, 0.29) is 30.1 Å². The first-order chi connectivity index (χ1) is 11.8. The second-order valence-electron chi connectivity index (χ2n) is 5.60. The van der Waals surface area contributed by atoms with Gasteiger partial charge in [-0.05, 0) is 26.8 Å². The summed E-state index contributed by atoms with van der Waals surface area (Å²) in [5.41, 5.74) is -1.41. The van der Waals surface area contributed by atoms with E-state index in [0.29, 0.717) is 0 Å². The van der Waals surface area contributed by atoms with Crippen LogP contribution in [-0.4, -0.2) is 21.7 Å². The van der Waals surface area contributed by atoms with Gasteiger partial charge in [-0.3, -0.25) is 13.9 Å². The van der Waals surface area contributed by atoms with E-state index in [1.54, 1.807) is 20.8 Å². The molecular weight excluding hydrogens is 334 g/mol. The van der Waals surface area contributed by atoms with Crippen molar-refractivity contribution in [3.8, 4) is 0 Å². The molecule has 2 aromatic rings. The molecule has 0 aliphatic carbocycles. The van der Waals surface area contributed by atoms with Crippen LogP contribution in [0, 0.1) is 11.6 Å². The minimum atomic E-state index is -1.17. The average molecular weight is 352 g/mol. The summed E-state index contributed by atoms with van der Waals surface area (Å²) in [4.78, 5) is 36.4. The van der Waals surface area contributed by atoms with Gasteiger partial charge in [0.15, 0.2) is 11.6 Å². The molecule has 25 heavy (non-hydrogen) atoms. The van der Waals surface area contributed by atoms with Gasteiger partial charge in [0, 0.05) is 24.7 Å². The molecule has 1 aromatic carbocycles. The average Bonchev–Trinajstić information content (AvgIpc) is 2.53. The van der Waals surface area contributed by atoms with E-state index in [9.17, 15) is 23.2 Å². The van der Waals surface area contributed by atoms with Crippen LogP contribution in [0.3, 0.4) is 0 Å². The highest BCUT2D eigenvalue weighted by Gasteiger charge is 2.17. The lowest BCUT2D eigenvalue weighted by atomic mass is 10.2. The minimum Gasteiger partial charge on any atom is -0.463 e. The second kappa shape index (κ2) is 7.42. The van der Waals surface area contributed by atoms with Crippen molar-refractivity contribution >= 4 is 16.9 Å². The van der Waals surface area contributed by atoms with E-state index in [2.05, 4.69) is 0 Å². The number of esters is 1. The van der Waals surface area contributed by atoms with Crippen molar-refractivity contribution in [2.75, 3.05) is 6.61 Å². The molecule has 0 saturated heterocycles. The molecule has 0 saturated carbocycles. The maximum absolute atomic E-state index is 13.6. The predicted octanol–water partition coefficient (Wildman–Crippen LogP) is 2.14. The number of ether oxygens (including phenoxy) is 1. The Bertz CT molecular complexity index is 958. The molecule has 0 radical (unpaired) electrons. The molecular formula is C17H18F2N2O4. The lowest BCUT2D eigenvalue weighted by Crippen LogP contribution is -2.40. The zero-order valence-corrected chi connectivity index (χ0v) is 14.1. The van der Waals surface area contributed by atoms with Crippen LogP contribution in [0.1, 0.15) is 26.8 Å². The molecule has 0 spiro atoms. The largest absolute Gasteiger partial charge is 0.463 e. The van der Waals surface area contributed by atoms with Gasteiger partial charge in [-0.25, -0.2) is 18.4 Å². The van der Waals surface area contributed by atoms with Gasteiger partial charge in [-0.15, -0.1) is 0 Å². The quantitative estimate of drug-likeness (QED) is 0.611. The molecule has 6 nitrogen and oxygen atoms in total. The molecule has 2 rings (SSSR count). The van der Waals surface area contributed by atoms with Crippen molar-refractivity contribution in [3.63, 3.8) is 0 Å². The Hall–Kier alpha value is -2.77. The van der Waals surface area contributed by atoms with Crippen molar-refractivity contribution in [3.05, 3.63) is 56.8 Å². The van der Waals surface area contributed by atoms with Gasteiger partial charge < -0.3 is 4.74 Å². The van der Waals surface area contributed by atoms with Crippen molar-refractivity contribution in [1.29, 1.82) is 0 Å². The number of benzene rings is 1. The first-order valence-electron chi connectivity index (χ1n) is 7.75. The molecule has 1 heterocycles. The summed E-state index contributed by atoms with van der Waals surface area (Å²) < 4.78 is 33.9. The van der Waals surface area contributed by atoms with Crippen LogP contribution in [0.25, 0.3) is 10.9 Å². The van der Waals surface area contributed by atoms with Gasteiger partial charge in [0.25, 0.3) is 5.56 Å². The van der Waals surface area contributed by atoms with E-state index in [4.69, 9.17) is 4.74 Å². The standard InChI is InChI=1S/C17H18F2N2O4/c1-4-25-15(22)6-5-7-20-16(23)11-8-12(18)13(19)9-14(11)21(10(2)3)17(20)24/h5-6,8-10H,4,7H2,1-3H3. The van der Waals surface area contributed by atoms with Crippen LogP contribution in [0.5, 0.6) is 0 Å². The van der Waals surface area contributed by atoms with Crippen LogP contribution in [0.15, 0.2) is 33.9 Å². The summed E-state index contributed by atoms with van der Waals surface area (Å²) >= 11 is 0. The summed E-state index contributed by atoms with van der Waals surface area (Å²) in [7, 11) is 0. The van der Waals surface area contributed by atoms with Crippen molar-refractivity contribution < 1.29 is 18.3 Å². The molecule has 0 fully saturated rings. The topological polar surface area (TPSA) is 70.3 Å². The number of hydrogen-bond donors (Lipinski definition) is 0. The number of carbonyl (C=O) groups is 1. The van der Waals surface area contributed by atoms with Crippen LogP contribution < -0.4 is 11.2 Å². The Morgan fingerprint density at radius 1 is 1.24 bits per heavy atom. The van der Waals surface area contributed by atoms with Gasteiger partial charge in [-0.2, -0.15) is 0 Å². The van der Waals surface area contributed by atoms with Crippen LogP contribution >= 0.6 is 0 Å². The van der Waals surface area contributed by atoms with Gasteiger partial charge in [0.2, 0.25) is 0 Å². The van der Waals surface area contributed by atoms with E-state index >= 15 is 0 Å². The third-order valence-electron chi connectivity index (χ3n) is 3.56. The Kier molecular flexibility index (Phi) is 5.51. The number of hydrogen-bond acceptors (Lipinski definition) is 4. The fraction of sp³-hybridized carbons (Fsp3) is 0.353. The van der Waals surface area contributed by atoms with Gasteiger partial charge in [0.1, 0.15) is 0 Å². The summed E-state index contributed by atoms with van der Waals surface area (Å²) in [6.07, 6.45) is 2.40. The SMILES string of the molecule is CCOC(=O)C=CCn1c(=O)c2cc(F)c(F)cc2n(C(C)C)c1=O. The molecule has 0 atom stereocenters. The molecule has 134 valence electrons. The maximum atomic E-state index is 13.6. The molecule has 0 unspecified atom stereocenters. The zero-order valence-electron chi connectivity index (χ0n) is 14.1. The van der Waals surface area contributed by atoms with Crippen molar-refractivity contribution in [1.82, 2.24) is 9.13 Å². The lowest BCUT2D eigenvalue weighted by molar-refractivity contribution is -0.137. The number of carbonyl (C=O) groups excluding carboxylic acids is 1. The van der Waals surface area contributed by atoms with E-state index in [1.165, 1.54) is 10.6 Å². The van der Waals surface area contributed by atoms with Gasteiger partial charge in [0.05, 0.1) is 17.5 Å². The molecule has 0 aliphatic heterocycles. The number of aromatic nitrogens is 2. The minimum absolute atomic E-state index is 0.0227. The first-order valence-corrected chi connectivity index (χ1v) is 7.75. The highest BCUT2D eigenvalue weighted by Crippen LogP contribution is 2.17. The van der Waals surface area contributed by atoms with E-state index in [1.807, 2.05) is 0 Å². The molecule has 8 heteroatoms. The summed E-state index contributed by atoms with van der Waals surface area (Å²) in [6.45, 7) is 5.02. The molecule has 1 aromatic heterocycles. The summed E-state index contributed by atoms with van der Waals surface area (Å²) in [6, 6.07) is 1.23. The van der Waals surface area contributed by atoms with Crippen LogP contribution in [0.2, 0.25) is 0 Å². The Balaban J connectivity index is 2.65. The van der Waals surface area contributed by atoms with Crippen molar-refractivity contribution in [2.24, 2.45) is 0 Å². The third-order valence-corrected chi connectivity index (χ3v) is 3.56. The Morgan fingerprint density at radius 3 is 2.48 bits per heavy atom. The van der Waals surface area contributed by atoms with E-state index in [0.717, 1.165) is 22.8 Å². The fourth-order valence-corrected chi connectivity index (χ4v) is 2.48. The summed E-state index contributed by atoms with van der Waals surface area (Å²) in [5.74, 6) is -2.92. The number of allylic oxidation sites excluding steroid dienone is 1. The normalized spacial score (nSPS) is 11.6. The number of halogens is 2. The maximum Gasteiger partial charge on any atom is 0.332 e. The highest BCUT2D eigenvalue weighted by atomic mass is 19.2. The van der Waals surface area contributed by atoms with Crippen LogP contribution in [0.4, 0.5) is 8.78 Å². The number of fused-ring (bicyclic) bond motifs is 1. The smallest absolute Gasteiger partial charge is 0.332 e. The molecule has 0 bridgehead atoms. The Labute approximate surface area is 141 Å². The number of nitrogens with zero attached hydrogens (tertiary/aromatic N) is 2. The number of rotatable bonds is 5. The van der Waals surface area contributed by atoms with Crippen LogP contribution in [-0.2, 0) is 16.1 Å². The van der Waals surface area contributed by atoms with Gasteiger partial charge in [-0.1, -0.05) is 6.08 Å². The summed E-state index contributed by atoms with van der Waals surface area (Å²) in [5, 5.41) is -0.114. The first kappa shape index (κ1) is 18.6. The van der Waals surface area contributed by atoms with Crippen molar-refractivity contribution in [2.45, 2.75) is 33.4 Å². The lowest BCUT2D eigenvalue weighted by Gasteiger charge is -2.16. The molecule has 0 aliphatic rings. The fourth-order valence-electron chi connectivity index (χ4n) is 2.48. The Morgan fingerprint density at radius 2 is 1.88 bits per heavy atom. The monoisotopic (exact) mass is 352 g/mol. The second-order valence-corrected chi connectivity index (χ2v) is 5.60. The van der Waals surface area contributed by atoms with E-state index < -0.39 is 28.9 Å².